The molecule has 0 atom stereocenters. The smallest absolute Gasteiger partial charge is 0.244 e. The SMILES string of the molecule is CCN(CCCN(CC)C(=O)Cn1nc(C(=O)C(C)(C)C)c2ccc(OC)cc21)C(=O)Cn1nc(C(=O)C(C)(C)C)c2ccc(OC)cc21. The van der Waals surface area contributed by atoms with Crippen LogP contribution in [0.15, 0.2) is 36.4 Å². The van der Waals surface area contributed by atoms with Gasteiger partial charge in [0.25, 0.3) is 0 Å². The lowest BCUT2D eigenvalue weighted by atomic mass is 9.88. The van der Waals surface area contributed by atoms with Gasteiger partial charge in [0, 0.05) is 59.9 Å². The maximum atomic E-state index is 13.6. The van der Waals surface area contributed by atoms with Crippen LogP contribution in [0, 0.1) is 10.8 Å². The number of benzene rings is 2. The van der Waals surface area contributed by atoms with Crippen LogP contribution in [0.2, 0.25) is 0 Å². The molecular weight excluding hydrogens is 624 g/mol. The number of ketones is 2. The molecule has 2 amide bonds. The van der Waals surface area contributed by atoms with Gasteiger partial charge in [0.2, 0.25) is 11.8 Å². The molecule has 12 nitrogen and oxygen atoms in total. The Morgan fingerprint density at radius 1 is 0.653 bits per heavy atom. The number of rotatable bonds is 14. The zero-order valence-electron chi connectivity index (χ0n) is 30.5. The van der Waals surface area contributed by atoms with Crippen molar-refractivity contribution in [3.8, 4) is 11.5 Å². The molecule has 4 aromatic rings. The molecule has 0 saturated heterocycles. The number of carbonyl (C=O) groups is 4. The molecule has 0 unspecified atom stereocenters. The van der Waals surface area contributed by atoms with Gasteiger partial charge < -0.3 is 19.3 Å². The zero-order valence-corrected chi connectivity index (χ0v) is 30.5. The fraction of sp³-hybridized carbons (Fsp3) is 0.514. The number of hydrogen-bond donors (Lipinski definition) is 0. The Bertz CT molecular complexity index is 1720. The Morgan fingerprint density at radius 3 is 1.33 bits per heavy atom. The summed E-state index contributed by atoms with van der Waals surface area (Å²) in [5.74, 6) is 0.701. The van der Waals surface area contributed by atoms with E-state index in [1.165, 1.54) is 0 Å². The van der Waals surface area contributed by atoms with Gasteiger partial charge in [0.05, 0.1) is 25.3 Å². The van der Waals surface area contributed by atoms with Crippen molar-refractivity contribution in [3.63, 3.8) is 0 Å². The van der Waals surface area contributed by atoms with Crippen LogP contribution in [0.5, 0.6) is 11.5 Å². The van der Waals surface area contributed by atoms with Gasteiger partial charge in [-0.1, -0.05) is 41.5 Å². The number of hydrogen-bond acceptors (Lipinski definition) is 8. The number of Topliss-reactive ketones (excluding diaryl/α,β-unsaturated/α-hetero) is 2. The summed E-state index contributed by atoms with van der Waals surface area (Å²) in [6.45, 7) is 16.6. The molecule has 0 N–H and O–H groups in total. The van der Waals surface area contributed by atoms with Gasteiger partial charge in [-0.3, -0.25) is 28.5 Å². The first-order chi connectivity index (χ1) is 23.0. The number of nitrogens with zero attached hydrogens (tertiary/aromatic N) is 6. The zero-order chi connectivity index (χ0) is 36.3. The van der Waals surface area contributed by atoms with E-state index in [1.54, 1.807) is 69.8 Å². The molecule has 264 valence electrons. The van der Waals surface area contributed by atoms with E-state index in [9.17, 15) is 19.2 Å². The molecule has 0 radical (unpaired) electrons. The summed E-state index contributed by atoms with van der Waals surface area (Å²) in [7, 11) is 3.13. The number of ether oxygens (including phenoxy) is 2. The first-order valence-corrected chi connectivity index (χ1v) is 16.8. The molecule has 0 saturated carbocycles. The third kappa shape index (κ3) is 8.12. The van der Waals surface area contributed by atoms with Crippen LogP contribution in [-0.2, 0) is 22.7 Å². The third-order valence-electron chi connectivity index (χ3n) is 8.61. The van der Waals surface area contributed by atoms with Crippen LogP contribution >= 0.6 is 0 Å². The van der Waals surface area contributed by atoms with Crippen LogP contribution in [0.3, 0.4) is 0 Å². The minimum atomic E-state index is -0.641. The van der Waals surface area contributed by atoms with Crippen LogP contribution in [0.1, 0.15) is 82.8 Å². The predicted octanol–water partition coefficient (Wildman–Crippen LogP) is 5.65. The van der Waals surface area contributed by atoms with Crippen molar-refractivity contribution in [3.05, 3.63) is 47.8 Å². The van der Waals surface area contributed by atoms with Gasteiger partial charge >= 0.3 is 0 Å². The van der Waals surface area contributed by atoms with E-state index in [0.717, 1.165) is 0 Å². The van der Waals surface area contributed by atoms with E-state index in [-0.39, 0.29) is 36.5 Å². The highest BCUT2D eigenvalue weighted by atomic mass is 16.5. The van der Waals surface area contributed by atoms with Gasteiger partial charge in [-0.2, -0.15) is 10.2 Å². The van der Waals surface area contributed by atoms with Crippen molar-refractivity contribution in [2.75, 3.05) is 40.4 Å². The van der Waals surface area contributed by atoms with Crippen molar-refractivity contribution in [2.45, 2.75) is 74.9 Å². The highest BCUT2D eigenvalue weighted by Crippen LogP contribution is 2.30. The van der Waals surface area contributed by atoms with Crippen LogP contribution in [-0.4, -0.2) is 93.1 Å². The monoisotopic (exact) mass is 674 g/mol. The maximum Gasteiger partial charge on any atom is 0.244 e. The normalized spacial score (nSPS) is 12.0. The van der Waals surface area contributed by atoms with E-state index in [0.29, 0.717) is 77.3 Å². The number of aromatic nitrogens is 4. The van der Waals surface area contributed by atoms with Gasteiger partial charge in [0.1, 0.15) is 36.0 Å². The summed E-state index contributed by atoms with van der Waals surface area (Å²) in [6, 6.07) is 10.8. The number of carbonyl (C=O) groups excluding carboxylic acids is 4. The number of methoxy groups -OCH3 is 2. The van der Waals surface area contributed by atoms with Crippen molar-refractivity contribution in [1.29, 1.82) is 0 Å². The topological polar surface area (TPSA) is 129 Å². The standard InChI is InChI=1S/C37H50N6O6/c1-11-40(30(44)22-42-28-20-24(48-9)14-16-26(28)32(38-42)34(46)36(3,4)5)18-13-19-41(12-2)31(45)23-43-29-21-25(49-10)15-17-27(29)33(39-43)35(47)37(6,7)8/h14-17,20-21H,11-13,18-19,22-23H2,1-10H3. The Kier molecular flexibility index (Phi) is 11.2. The first kappa shape index (κ1) is 37.1. The largest absolute Gasteiger partial charge is 0.497 e. The second-order valence-electron chi connectivity index (χ2n) is 14.2. The average molecular weight is 675 g/mol. The molecule has 12 heteroatoms. The number of likely N-dealkylation sites (N-methyl/N-ethyl adjacent to an activating group) is 2. The minimum absolute atomic E-state index is 0.0448. The molecule has 0 spiro atoms. The average Bonchev–Trinajstić information content (AvgIpc) is 3.59. The number of amides is 2. The summed E-state index contributed by atoms with van der Waals surface area (Å²) in [5, 5.41) is 10.6. The Labute approximate surface area is 288 Å². The van der Waals surface area contributed by atoms with Gasteiger partial charge in [-0.05, 0) is 44.5 Å². The van der Waals surface area contributed by atoms with Gasteiger partial charge in [-0.15, -0.1) is 0 Å². The molecule has 0 aliphatic rings. The summed E-state index contributed by atoms with van der Waals surface area (Å²) in [5.41, 5.74) is 0.674. The van der Waals surface area contributed by atoms with E-state index >= 15 is 0 Å². The quantitative estimate of drug-likeness (QED) is 0.157. The van der Waals surface area contributed by atoms with Gasteiger partial charge in [-0.25, -0.2) is 0 Å². The molecule has 0 aliphatic heterocycles. The van der Waals surface area contributed by atoms with Gasteiger partial charge in [0.15, 0.2) is 11.6 Å². The second-order valence-corrected chi connectivity index (χ2v) is 14.2. The lowest BCUT2D eigenvalue weighted by Crippen LogP contribution is -2.39. The molecule has 49 heavy (non-hydrogen) atoms. The van der Waals surface area contributed by atoms with Crippen molar-refractivity contribution < 1.29 is 28.7 Å². The highest BCUT2D eigenvalue weighted by Gasteiger charge is 2.30. The maximum absolute atomic E-state index is 13.6. The Morgan fingerprint density at radius 2 is 1.02 bits per heavy atom. The lowest BCUT2D eigenvalue weighted by molar-refractivity contribution is -0.132. The molecule has 2 aromatic heterocycles. The van der Waals surface area contributed by atoms with Crippen molar-refractivity contribution >= 4 is 45.2 Å². The van der Waals surface area contributed by atoms with Crippen LogP contribution in [0.25, 0.3) is 21.8 Å². The van der Waals surface area contributed by atoms with E-state index < -0.39 is 10.8 Å². The van der Waals surface area contributed by atoms with Crippen LogP contribution < -0.4 is 9.47 Å². The van der Waals surface area contributed by atoms with Crippen molar-refractivity contribution in [2.24, 2.45) is 10.8 Å². The predicted molar refractivity (Wildman–Crippen MR) is 189 cm³/mol. The molecule has 0 fully saturated rings. The number of fused-ring (bicyclic) bond motifs is 2. The lowest BCUT2D eigenvalue weighted by Gasteiger charge is -2.25. The fourth-order valence-corrected chi connectivity index (χ4v) is 5.68. The summed E-state index contributed by atoms with van der Waals surface area (Å²) in [6.07, 6.45) is 0.558. The molecule has 4 rings (SSSR count). The highest BCUT2D eigenvalue weighted by molar-refractivity contribution is 6.09. The fourth-order valence-electron chi connectivity index (χ4n) is 5.68. The van der Waals surface area contributed by atoms with E-state index in [4.69, 9.17) is 9.47 Å². The summed E-state index contributed by atoms with van der Waals surface area (Å²) >= 11 is 0. The molecule has 2 aromatic carbocycles. The second kappa shape index (κ2) is 14.8. The van der Waals surface area contributed by atoms with Crippen LogP contribution in [0.4, 0.5) is 0 Å². The molecular formula is C37H50N6O6. The van der Waals surface area contributed by atoms with Crippen molar-refractivity contribution in [1.82, 2.24) is 29.4 Å². The minimum Gasteiger partial charge on any atom is -0.497 e. The first-order valence-electron chi connectivity index (χ1n) is 16.8. The third-order valence-corrected chi connectivity index (χ3v) is 8.61. The molecule has 2 heterocycles. The molecule has 0 bridgehead atoms. The van der Waals surface area contributed by atoms with E-state index in [1.807, 2.05) is 55.4 Å². The Hall–Kier alpha value is -4.74. The summed E-state index contributed by atoms with van der Waals surface area (Å²) < 4.78 is 14.0. The molecule has 0 aliphatic carbocycles. The Balaban J connectivity index is 1.47. The van der Waals surface area contributed by atoms with E-state index in [2.05, 4.69) is 10.2 Å². The summed E-state index contributed by atoms with van der Waals surface area (Å²) in [4.78, 5) is 57.0.